The third-order valence-corrected chi connectivity index (χ3v) is 4.44. The number of aryl methyl sites for hydroxylation is 2. The molecule has 1 fully saturated rings. The van der Waals surface area contributed by atoms with Crippen molar-refractivity contribution in [1.29, 1.82) is 0 Å². The highest BCUT2D eigenvalue weighted by Crippen LogP contribution is 2.30. The van der Waals surface area contributed by atoms with Crippen LogP contribution in [-0.2, 0) is 22.4 Å². The highest BCUT2D eigenvalue weighted by atomic mass is 16.2. The van der Waals surface area contributed by atoms with Crippen molar-refractivity contribution < 1.29 is 9.59 Å². The molecule has 1 N–H and O–H groups in total. The second-order valence-corrected chi connectivity index (χ2v) is 5.78. The van der Waals surface area contributed by atoms with Crippen molar-refractivity contribution >= 4 is 22.6 Å². The van der Waals surface area contributed by atoms with E-state index in [1.54, 1.807) is 0 Å². The second kappa shape index (κ2) is 4.20. The Balaban J connectivity index is 1.74. The van der Waals surface area contributed by atoms with Gasteiger partial charge in [0.05, 0.1) is 0 Å². The van der Waals surface area contributed by atoms with E-state index in [4.69, 9.17) is 0 Å². The summed E-state index contributed by atoms with van der Waals surface area (Å²) in [6.45, 7) is 0. The number of fused-ring (bicyclic) bond motifs is 2. The fraction of sp³-hybridized carbons (Fsp3) is 0.375. The molecule has 102 valence electrons. The molecule has 20 heavy (non-hydrogen) atoms. The molecule has 1 saturated heterocycles. The molecule has 2 heterocycles. The normalized spacial score (nSPS) is 22.1. The summed E-state index contributed by atoms with van der Waals surface area (Å²) >= 11 is 0. The number of benzene rings is 1. The summed E-state index contributed by atoms with van der Waals surface area (Å²) in [6, 6.07) is 4.25. The third kappa shape index (κ3) is 1.75. The van der Waals surface area contributed by atoms with E-state index in [0.29, 0.717) is 12.8 Å². The summed E-state index contributed by atoms with van der Waals surface area (Å²) in [5.41, 5.74) is 2.89. The topological polar surface area (TPSA) is 51.1 Å². The van der Waals surface area contributed by atoms with Crippen molar-refractivity contribution in [2.24, 2.45) is 0 Å². The molecule has 4 rings (SSSR count). The van der Waals surface area contributed by atoms with Crippen LogP contribution in [0.25, 0.3) is 10.8 Å². The number of amides is 2. The summed E-state index contributed by atoms with van der Waals surface area (Å²) in [5.74, 6) is -0.351. The van der Waals surface area contributed by atoms with Crippen LogP contribution in [0.3, 0.4) is 0 Å². The van der Waals surface area contributed by atoms with Crippen molar-refractivity contribution in [3.05, 3.63) is 35.7 Å². The van der Waals surface area contributed by atoms with Crippen LogP contribution in [-0.4, -0.2) is 16.4 Å². The molecule has 4 heteroatoms. The Morgan fingerprint density at radius 3 is 2.25 bits per heavy atom. The van der Waals surface area contributed by atoms with Gasteiger partial charge >= 0.3 is 0 Å². The first-order chi connectivity index (χ1) is 9.70. The van der Waals surface area contributed by atoms with Crippen LogP contribution >= 0.6 is 0 Å². The van der Waals surface area contributed by atoms with Gasteiger partial charge in [-0.2, -0.15) is 0 Å². The number of aromatic nitrogens is 1. The molecule has 1 aromatic heterocycles. The van der Waals surface area contributed by atoms with Gasteiger partial charge in [0.1, 0.15) is 6.04 Å². The summed E-state index contributed by atoms with van der Waals surface area (Å²) in [4.78, 5) is 23.1. The van der Waals surface area contributed by atoms with Crippen LogP contribution in [0.1, 0.15) is 36.4 Å². The van der Waals surface area contributed by atoms with Gasteiger partial charge in [0.2, 0.25) is 11.8 Å². The van der Waals surface area contributed by atoms with Gasteiger partial charge in [-0.05, 0) is 59.7 Å². The number of nitrogens with zero attached hydrogens (tertiary/aromatic N) is 1. The Hall–Kier alpha value is -2.10. The quantitative estimate of drug-likeness (QED) is 0.805. The summed E-state index contributed by atoms with van der Waals surface area (Å²) in [7, 11) is 0. The highest BCUT2D eigenvalue weighted by molar-refractivity contribution is 5.99. The lowest BCUT2D eigenvalue weighted by molar-refractivity contribution is -0.135. The molecule has 1 unspecified atom stereocenters. The number of nitrogens with one attached hydrogen (secondary N) is 1. The fourth-order valence-electron chi connectivity index (χ4n) is 3.39. The lowest BCUT2D eigenvalue weighted by Crippen LogP contribution is -2.41. The van der Waals surface area contributed by atoms with Crippen LogP contribution < -0.4 is 5.32 Å². The largest absolute Gasteiger partial charge is 0.341 e. The zero-order chi connectivity index (χ0) is 13.7. The first kappa shape index (κ1) is 11.7. The van der Waals surface area contributed by atoms with Gasteiger partial charge in [-0.15, -0.1) is 0 Å². The SMILES string of the molecule is O=C1CCC(n2cc3cc4c(cc3c2)CCC4)C(=O)N1. The zero-order valence-electron chi connectivity index (χ0n) is 11.2. The maximum absolute atomic E-state index is 11.9. The van der Waals surface area contributed by atoms with Crippen molar-refractivity contribution in [1.82, 2.24) is 9.88 Å². The van der Waals surface area contributed by atoms with Gasteiger partial charge in [-0.25, -0.2) is 0 Å². The lowest BCUT2D eigenvalue weighted by Gasteiger charge is -2.21. The van der Waals surface area contributed by atoms with Crippen LogP contribution in [0.2, 0.25) is 0 Å². The Labute approximate surface area is 116 Å². The molecule has 0 radical (unpaired) electrons. The molecule has 2 aliphatic rings. The number of hydrogen-bond acceptors (Lipinski definition) is 2. The van der Waals surface area contributed by atoms with Gasteiger partial charge in [-0.1, -0.05) is 0 Å². The maximum atomic E-state index is 11.9. The molecule has 0 bridgehead atoms. The Morgan fingerprint density at radius 2 is 1.65 bits per heavy atom. The molecule has 2 amide bonds. The smallest absolute Gasteiger partial charge is 0.249 e. The standard InChI is InChI=1S/C16H16N2O2/c19-15-5-4-14(16(20)17-15)18-8-12-6-10-2-1-3-11(10)7-13(12)9-18/h6-9,14H,1-5H2,(H,17,19,20). The first-order valence-electron chi connectivity index (χ1n) is 7.17. The van der Waals surface area contributed by atoms with E-state index in [0.717, 1.165) is 12.8 Å². The lowest BCUT2D eigenvalue weighted by atomic mass is 10.1. The van der Waals surface area contributed by atoms with E-state index in [2.05, 4.69) is 17.4 Å². The third-order valence-electron chi connectivity index (χ3n) is 4.44. The van der Waals surface area contributed by atoms with E-state index in [9.17, 15) is 9.59 Å². The van der Waals surface area contributed by atoms with Crippen LogP contribution in [0, 0.1) is 0 Å². The number of hydrogen-bond donors (Lipinski definition) is 1. The van der Waals surface area contributed by atoms with Crippen LogP contribution in [0.4, 0.5) is 0 Å². The van der Waals surface area contributed by atoms with Crippen LogP contribution in [0.5, 0.6) is 0 Å². The number of imide groups is 1. The van der Waals surface area contributed by atoms with Gasteiger partial charge in [0, 0.05) is 18.8 Å². The average molecular weight is 268 g/mol. The molecule has 1 aliphatic carbocycles. The Kier molecular flexibility index (Phi) is 2.46. The number of rotatable bonds is 1. The fourth-order valence-corrected chi connectivity index (χ4v) is 3.39. The number of carbonyl (C=O) groups excluding carboxylic acids is 2. The monoisotopic (exact) mass is 268 g/mol. The van der Waals surface area contributed by atoms with Gasteiger partial charge in [0.25, 0.3) is 0 Å². The van der Waals surface area contributed by atoms with E-state index in [-0.39, 0.29) is 17.9 Å². The second-order valence-electron chi connectivity index (χ2n) is 5.78. The van der Waals surface area contributed by atoms with E-state index in [1.807, 2.05) is 17.0 Å². The number of piperidine rings is 1. The predicted molar refractivity (Wildman–Crippen MR) is 75.4 cm³/mol. The first-order valence-corrected chi connectivity index (χ1v) is 7.17. The van der Waals surface area contributed by atoms with E-state index in [1.165, 1.54) is 28.3 Å². The summed E-state index contributed by atoms with van der Waals surface area (Å²) < 4.78 is 1.96. The van der Waals surface area contributed by atoms with Crippen LogP contribution in [0.15, 0.2) is 24.5 Å². The maximum Gasteiger partial charge on any atom is 0.249 e. The van der Waals surface area contributed by atoms with Crippen molar-refractivity contribution in [2.75, 3.05) is 0 Å². The van der Waals surface area contributed by atoms with Gasteiger partial charge in [0.15, 0.2) is 0 Å². The van der Waals surface area contributed by atoms with Crippen molar-refractivity contribution in [3.8, 4) is 0 Å². The number of carbonyl (C=O) groups is 2. The Morgan fingerprint density at radius 1 is 1.00 bits per heavy atom. The molecule has 2 aromatic rings. The molecule has 1 aromatic carbocycles. The molecule has 4 nitrogen and oxygen atoms in total. The molecule has 1 aliphatic heterocycles. The molecule has 1 atom stereocenters. The minimum atomic E-state index is -0.255. The molecule has 0 saturated carbocycles. The average Bonchev–Trinajstić information content (AvgIpc) is 3.00. The van der Waals surface area contributed by atoms with Crippen molar-refractivity contribution in [3.63, 3.8) is 0 Å². The van der Waals surface area contributed by atoms with Gasteiger partial charge in [-0.3, -0.25) is 14.9 Å². The minimum Gasteiger partial charge on any atom is -0.341 e. The molecular formula is C16H16N2O2. The van der Waals surface area contributed by atoms with Gasteiger partial charge < -0.3 is 4.57 Å². The predicted octanol–water partition coefficient (Wildman–Crippen LogP) is 2.11. The highest BCUT2D eigenvalue weighted by Gasteiger charge is 2.27. The molecular weight excluding hydrogens is 252 g/mol. The zero-order valence-corrected chi connectivity index (χ0v) is 11.2. The minimum absolute atomic E-state index is 0.165. The Bertz CT molecular complexity index is 688. The summed E-state index contributed by atoms with van der Waals surface area (Å²) in [6.07, 6.45) is 8.65. The van der Waals surface area contributed by atoms with E-state index < -0.39 is 0 Å². The molecule has 0 spiro atoms. The van der Waals surface area contributed by atoms with Crippen molar-refractivity contribution in [2.45, 2.75) is 38.1 Å². The van der Waals surface area contributed by atoms with E-state index >= 15 is 0 Å². The summed E-state index contributed by atoms with van der Waals surface area (Å²) in [5, 5.41) is 4.80.